The van der Waals surface area contributed by atoms with E-state index in [-0.39, 0.29) is 12.2 Å². The predicted molar refractivity (Wildman–Crippen MR) is 155 cm³/mol. The van der Waals surface area contributed by atoms with E-state index in [4.69, 9.17) is 9.47 Å². The van der Waals surface area contributed by atoms with Crippen LogP contribution in [0.3, 0.4) is 0 Å². The van der Waals surface area contributed by atoms with Gasteiger partial charge in [0.2, 0.25) is 0 Å². The molecule has 2 amide bonds. The standard InChI is InChI=1S/C22H31N5O7S4/c1-14-4-35-8-16(9-36-5-14)33-18(28)23-12-26-20(30)25(3)21(31)27(22(26)32)13-24-19(29)34-17-10-37-6-15(2)7-38-11-17/h16-17H,1-2,4-13H2,3H3,(H,23,28)(H,24,29). The summed E-state index contributed by atoms with van der Waals surface area (Å²) in [5.74, 6) is 5.55. The van der Waals surface area contributed by atoms with E-state index in [2.05, 4.69) is 23.8 Å². The summed E-state index contributed by atoms with van der Waals surface area (Å²) in [6, 6.07) is 0. The highest BCUT2D eigenvalue weighted by molar-refractivity contribution is 8.01. The van der Waals surface area contributed by atoms with E-state index in [1.54, 1.807) is 47.0 Å². The van der Waals surface area contributed by atoms with Crippen LogP contribution in [0.1, 0.15) is 0 Å². The second kappa shape index (κ2) is 14.8. The summed E-state index contributed by atoms with van der Waals surface area (Å²) in [7, 11) is 1.20. The lowest BCUT2D eigenvalue weighted by molar-refractivity contribution is 0.116. The number of nitrogens with one attached hydrogen (secondary N) is 2. The molecular formula is C22H31N5O7S4. The molecule has 0 atom stereocenters. The van der Waals surface area contributed by atoms with Crippen molar-refractivity contribution < 1.29 is 19.1 Å². The van der Waals surface area contributed by atoms with E-state index in [1.165, 1.54) is 7.05 Å². The molecule has 2 aliphatic heterocycles. The second-order valence-electron chi connectivity index (χ2n) is 8.55. The number of alkyl carbamates (subject to hydrolysis) is 2. The quantitative estimate of drug-likeness (QED) is 0.446. The van der Waals surface area contributed by atoms with Gasteiger partial charge in [0.05, 0.1) is 0 Å². The highest BCUT2D eigenvalue weighted by Crippen LogP contribution is 2.22. The SMILES string of the molecule is C=C1CSCC(OC(=O)NCn2c(=O)n(C)c(=O)n(CNC(=O)OC3CSCC(=C)CSC3)c2=O)CSC1. The lowest BCUT2D eigenvalue weighted by atomic mass is 10.4. The summed E-state index contributed by atoms with van der Waals surface area (Å²) in [6.07, 6.45) is -2.25. The molecule has 2 aliphatic rings. The van der Waals surface area contributed by atoms with Crippen LogP contribution >= 0.6 is 47.0 Å². The summed E-state index contributed by atoms with van der Waals surface area (Å²) in [5.41, 5.74) is -0.578. The normalized spacial score (nSPS) is 18.0. The average molecular weight is 606 g/mol. The van der Waals surface area contributed by atoms with E-state index in [0.29, 0.717) is 36.7 Å². The first-order valence-corrected chi connectivity index (χ1v) is 16.2. The van der Waals surface area contributed by atoms with Gasteiger partial charge in [-0.15, -0.1) is 0 Å². The van der Waals surface area contributed by atoms with Crippen molar-refractivity contribution >= 4 is 59.2 Å². The molecule has 12 nitrogen and oxygen atoms in total. The first kappa shape index (κ1) is 30.4. The number of thioether (sulfide) groups is 4. The summed E-state index contributed by atoms with van der Waals surface area (Å²) < 4.78 is 12.9. The highest BCUT2D eigenvalue weighted by Gasteiger charge is 2.21. The first-order valence-electron chi connectivity index (χ1n) is 11.6. The topological polar surface area (TPSA) is 143 Å². The Labute approximate surface area is 236 Å². The molecule has 0 spiro atoms. The Morgan fingerprint density at radius 2 is 1.08 bits per heavy atom. The third-order valence-corrected chi connectivity index (χ3v) is 10.1. The summed E-state index contributed by atoms with van der Waals surface area (Å²) in [6.45, 7) is 6.92. The van der Waals surface area contributed by atoms with Gasteiger partial charge in [-0.2, -0.15) is 47.0 Å². The van der Waals surface area contributed by atoms with Crippen LogP contribution in [-0.4, -0.2) is 84.1 Å². The van der Waals surface area contributed by atoms with Crippen molar-refractivity contribution in [2.75, 3.05) is 46.0 Å². The van der Waals surface area contributed by atoms with Gasteiger partial charge < -0.3 is 20.1 Å². The van der Waals surface area contributed by atoms with Gasteiger partial charge in [-0.1, -0.05) is 24.3 Å². The zero-order valence-electron chi connectivity index (χ0n) is 21.0. The number of hydrogen-bond acceptors (Lipinski definition) is 11. The minimum absolute atomic E-state index is 0.338. The van der Waals surface area contributed by atoms with Crippen LogP contribution in [0.4, 0.5) is 9.59 Å². The van der Waals surface area contributed by atoms with Crippen molar-refractivity contribution in [3.05, 3.63) is 55.8 Å². The van der Waals surface area contributed by atoms with Crippen molar-refractivity contribution in [1.29, 1.82) is 0 Å². The van der Waals surface area contributed by atoms with Crippen molar-refractivity contribution in [2.45, 2.75) is 25.5 Å². The molecule has 0 saturated carbocycles. The number of nitrogens with zero attached hydrogens (tertiary/aromatic N) is 3. The Balaban J connectivity index is 1.59. The van der Waals surface area contributed by atoms with E-state index >= 15 is 0 Å². The van der Waals surface area contributed by atoms with Crippen molar-refractivity contribution in [3.63, 3.8) is 0 Å². The van der Waals surface area contributed by atoms with E-state index in [9.17, 15) is 24.0 Å². The van der Waals surface area contributed by atoms with Gasteiger partial charge >= 0.3 is 29.3 Å². The fourth-order valence-corrected chi connectivity index (χ4v) is 7.74. The fraction of sp³-hybridized carbons (Fsp3) is 0.591. The number of carbonyl (C=O) groups excluding carboxylic acids is 2. The molecule has 3 rings (SSSR count). The van der Waals surface area contributed by atoms with Crippen LogP contribution in [0.2, 0.25) is 0 Å². The lowest BCUT2D eigenvalue weighted by Gasteiger charge is -2.21. The van der Waals surface area contributed by atoms with Gasteiger partial charge in [0.1, 0.15) is 25.5 Å². The molecule has 16 heteroatoms. The molecule has 2 saturated heterocycles. The van der Waals surface area contributed by atoms with Gasteiger partial charge in [0, 0.05) is 53.1 Å². The maximum absolute atomic E-state index is 12.9. The van der Waals surface area contributed by atoms with Crippen molar-refractivity contribution in [2.24, 2.45) is 7.05 Å². The maximum Gasteiger partial charge on any atom is 0.408 e. The Morgan fingerprint density at radius 3 is 1.42 bits per heavy atom. The minimum Gasteiger partial charge on any atom is -0.444 e. The molecule has 2 N–H and O–H groups in total. The van der Waals surface area contributed by atoms with Crippen LogP contribution in [0.15, 0.2) is 38.7 Å². The molecule has 0 aliphatic carbocycles. The first-order chi connectivity index (χ1) is 18.2. The highest BCUT2D eigenvalue weighted by atomic mass is 32.2. The third-order valence-electron chi connectivity index (χ3n) is 5.25. The summed E-state index contributed by atoms with van der Waals surface area (Å²) >= 11 is 6.47. The zero-order valence-corrected chi connectivity index (χ0v) is 24.2. The summed E-state index contributed by atoms with van der Waals surface area (Å²) in [5, 5.41) is 4.79. The lowest BCUT2D eigenvalue weighted by Crippen LogP contribution is -2.56. The summed E-state index contributed by atoms with van der Waals surface area (Å²) in [4.78, 5) is 62.7. The molecule has 0 aromatic carbocycles. The fourth-order valence-electron chi connectivity index (χ4n) is 3.35. The molecule has 0 bridgehead atoms. The predicted octanol–water partition coefficient (Wildman–Crippen LogP) is 0.886. The average Bonchev–Trinajstić information content (AvgIpc) is 2.84. The number of carbonyl (C=O) groups is 2. The second-order valence-corrected chi connectivity index (χ2v) is 12.7. The molecule has 2 fully saturated rings. The molecular weight excluding hydrogens is 575 g/mol. The number of aromatic nitrogens is 3. The number of ether oxygens (including phenoxy) is 2. The minimum atomic E-state index is -0.996. The van der Waals surface area contributed by atoms with Crippen molar-refractivity contribution in [3.8, 4) is 0 Å². The molecule has 0 radical (unpaired) electrons. The molecule has 210 valence electrons. The smallest absolute Gasteiger partial charge is 0.408 e. The number of rotatable bonds is 6. The number of amides is 2. The molecule has 3 heterocycles. The van der Waals surface area contributed by atoms with Crippen LogP contribution in [0.25, 0.3) is 0 Å². The monoisotopic (exact) mass is 605 g/mol. The van der Waals surface area contributed by atoms with Gasteiger partial charge in [-0.3, -0.25) is 0 Å². The zero-order chi connectivity index (χ0) is 27.7. The van der Waals surface area contributed by atoms with E-state index < -0.39 is 42.6 Å². The Kier molecular flexibility index (Phi) is 11.9. The Hall–Kier alpha value is -2.17. The van der Waals surface area contributed by atoms with Crippen LogP contribution in [0.5, 0.6) is 0 Å². The van der Waals surface area contributed by atoms with Crippen molar-refractivity contribution in [1.82, 2.24) is 24.3 Å². The Morgan fingerprint density at radius 1 is 0.737 bits per heavy atom. The maximum atomic E-state index is 12.9. The number of hydrogen-bond donors (Lipinski definition) is 2. The van der Waals surface area contributed by atoms with Crippen LogP contribution in [-0.2, 0) is 29.9 Å². The van der Waals surface area contributed by atoms with E-state index in [1.807, 2.05) is 0 Å². The molecule has 1 aromatic heterocycles. The molecule has 38 heavy (non-hydrogen) atoms. The van der Waals surface area contributed by atoms with Gasteiger partial charge in [-0.05, 0) is 0 Å². The molecule has 0 unspecified atom stereocenters. The van der Waals surface area contributed by atoms with Gasteiger partial charge in [0.15, 0.2) is 0 Å². The van der Waals surface area contributed by atoms with Crippen LogP contribution < -0.4 is 27.7 Å². The Bertz CT molecular complexity index is 1120. The van der Waals surface area contributed by atoms with Gasteiger partial charge in [0.25, 0.3) is 0 Å². The van der Waals surface area contributed by atoms with E-state index in [0.717, 1.165) is 34.2 Å². The van der Waals surface area contributed by atoms with Gasteiger partial charge in [-0.25, -0.2) is 37.7 Å². The molecule has 1 aromatic rings. The van der Waals surface area contributed by atoms with Crippen LogP contribution in [0, 0.1) is 0 Å². The third kappa shape index (κ3) is 8.95. The largest absolute Gasteiger partial charge is 0.444 e.